The number of benzene rings is 1. The predicted molar refractivity (Wildman–Crippen MR) is 85.8 cm³/mol. The van der Waals surface area contributed by atoms with Crippen LogP contribution in [0.2, 0.25) is 0 Å². The van der Waals surface area contributed by atoms with E-state index >= 15 is 0 Å². The van der Waals surface area contributed by atoms with Gasteiger partial charge in [0.2, 0.25) is 5.91 Å². The molecule has 0 heterocycles. The topological polar surface area (TPSA) is 50.4 Å². The molecule has 0 bridgehead atoms. The van der Waals surface area contributed by atoms with Gasteiger partial charge in [0.25, 0.3) is 0 Å². The molecule has 0 atom stereocenters. The van der Waals surface area contributed by atoms with Crippen molar-refractivity contribution in [3.8, 4) is 5.75 Å². The first kappa shape index (κ1) is 17.7. The van der Waals surface area contributed by atoms with Gasteiger partial charge < -0.3 is 15.4 Å². The Morgan fingerprint density at radius 1 is 1.09 bits per heavy atom. The maximum absolute atomic E-state index is 12.1. The third-order valence-electron chi connectivity index (χ3n) is 4.02. The number of amides is 1. The van der Waals surface area contributed by atoms with E-state index in [1.165, 1.54) is 44.2 Å². The van der Waals surface area contributed by atoms with Crippen LogP contribution in [-0.4, -0.2) is 25.1 Å². The standard InChI is InChI=1S/C17H24F2N2O2/c18-17(19)23-15-10-8-14(9-11-15)21-16(22)12-20-13-6-4-2-1-3-5-7-13/h8-11,13,17,20H,1-7,12H2,(H,21,22). The van der Waals surface area contributed by atoms with E-state index in [1.54, 1.807) is 12.1 Å². The molecule has 128 valence electrons. The lowest BCUT2D eigenvalue weighted by atomic mass is 9.97. The number of carbonyl (C=O) groups excluding carboxylic acids is 1. The van der Waals surface area contributed by atoms with E-state index in [2.05, 4.69) is 15.4 Å². The molecule has 1 aliphatic rings. The Labute approximate surface area is 135 Å². The van der Waals surface area contributed by atoms with Gasteiger partial charge in [-0.1, -0.05) is 32.1 Å². The van der Waals surface area contributed by atoms with Crippen molar-refractivity contribution in [3.05, 3.63) is 24.3 Å². The highest BCUT2D eigenvalue weighted by atomic mass is 19.3. The first-order valence-corrected chi connectivity index (χ1v) is 8.21. The summed E-state index contributed by atoms with van der Waals surface area (Å²) in [6.07, 6.45) is 8.53. The average molecular weight is 326 g/mol. The first-order chi connectivity index (χ1) is 11.1. The first-order valence-electron chi connectivity index (χ1n) is 8.21. The number of rotatable bonds is 6. The molecule has 1 aromatic carbocycles. The van der Waals surface area contributed by atoms with Gasteiger partial charge in [0.15, 0.2) is 0 Å². The van der Waals surface area contributed by atoms with Crippen LogP contribution in [0.15, 0.2) is 24.3 Å². The highest BCUT2D eigenvalue weighted by molar-refractivity contribution is 5.92. The Bertz CT molecular complexity index is 472. The lowest BCUT2D eigenvalue weighted by Crippen LogP contribution is -2.36. The molecule has 23 heavy (non-hydrogen) atoms. The van der Waals surface area contributed by atoms with Crippen LogP contribution in [0, 0.1) is 0 Å². The Morgan fingerprint density at radius 3 is 2.30 bits per heavy atom. The summed E-state index contributed by atoms with van der Waals surface area (Å²) in [5, 5.41) is 6.06. The van der Waals surface area contributed by atoms with E-state index in [4.69, 9.17) is 0 Å². The van der Waals surface area contributed by atoms with Crippen LogP contribution in [0.5, 0.6) is 5.75 Å². The smallest absolute Gasteiger partial charge is 0.387 e. The summed E-state index contributed by atoms with van der Waals surface area (Å²) >= 11 is 0. The van der Waals surface area contributed by atoms with Crippen molar-refractivity contribution in [2.75, 3.05) is 11.9 Å². The average Bonchev–Trinajstić information content (AvgIpc) is 2.47. The maximum atomic E-state index is 12.1. The quantitative estimate of drug-likeness (QED) is 0.833. The number of carbonyl (C=O) groups is 1. The predicted octanol–water partition coefficient (Wildman–Crippen LogP) is 3.93. The molecule has 0 aliphatic heterocycles. The van der Waals surface area contributed by atoms with Crippen molar-refractivity contribution in [2.45, 2.75) is 57.6 Å². The van der Waals surface area contributed by atoms with Crippen molar-refractivity contribution in [1.82, 2.24) is 5.32 Å². The van der Waals surface area contributed by atoms with Crippen molar-refractivity contribution in [3.63, 3.8) is 0 Å². The molecule has 0 saturated heterocycles. The molecule has 0 spiro atoms. The van der Waals surface area contributed by atoms with Gasteiger partial charge in [0.05, 0.1) is 6.54 Å². The van der Waals surface area contributed by atoms with Crippen LogP contribution in [0.3, 0.4) is 0 Å². The maximum Gasteiger partial charge on any atom is 0.387 e. The lowest BCUT2D eigenvalue weighted by Gasteiger charge is -2.20. The zero-order chi connectivity index (χ0) is 16.5. The molecule has 4 nitrogen and oxygen atoms in total. The Balaban J connectivity index is 1.73. The van der Waals surface area contributed by atoms with Gasteiger partial charge in [-0.2, -0.15) is 8.78 Å². The van der Waals surface area contributed by atoms with E-state index in [9.17, 15) is 13.6 Å². The second-order valence-corrected chi connectivity index (χ2v) is 5.87. The zero-order valence-electron chi connectivity index (χ0n) is 13.2. The molecule has 2 N–H and O–H groups in total. The highest BCUT2D eigenvalue weighted by Crippen LogP contribution is 2.18. The summed E-state index contributed by atoms with van der Waals surface area (Å²) in [7, 11) is 0. The van der Waals surface area contributed by atoms with Crippen LogP contribution < -0.4 is 15.4 Å². The Kier molecular flexibility index (Phi) is 7.26. The molecule has 6 heteroatoms. The van der Waals surface area contributed by atoms with Gasteiger partial charge in [-0.25, -0.2) is 0 Å². The number of nitrogens with one attached hydrogen (secondary N) is 2. The summed E-state index contributed by atoms with van der Waals surface area (Å²) < 4.78 is 28.4. The Morgan fingerprint density at radius 2 is 1.70 bits per heavy atom. The normalized spacial score (nSPS) is 16.7. The fourth-order valence-corrected chi connectivity index (χ4v) is 2.82. The minimum atomic E-state index is -2.84. The summed E-state index contributed by atoms with van der Waals surface area (Å²) in [5.74, 6) is -0.0553. The third-order valence-corrected chi connectivity index (χ3v) is 4.02. The van der Waals surface area contributed by atoms with Crippen molar-refractivity contribution in [2.24, 2.45) is 0 Å². The number of hydrogen-bond donors (Lipinski definition) is 2. The molecular formula is C17H24F2N2O2. The van der Waals surface area contributed by atoms with E-state index in [0.29, 0.717) is 11.7 Å². The number of anilines is 1. The van der Waals surface area contributed by atoms with Gasteiger partial charge >= 0.3 is 6.61 Å². The van der Waals surface area contributed by atoms with Crippen molar-refractivity contribution >= 4 is 11.6 Å². The zero-order valence-corrected chi connectivity index (χ0v) is 13.2. The van der Waals surface area contributed by atoms with Crippen molar-refractivity contribution in [1.29, 1.82) is 0 Å². The summed E-state index contributed by atoms with van der Waals surface area (Å²) in [5.41, 5.74) is 0.566. The van der Waals surface area contributed by atoms with Crippen LogP contribution in [0.25, 0.3) is 0 Å². The summed E-state index contributed by atoms with van der Waals surface area (Å²) in [6, 6.07) is 6.31. The second-order valence-electron chi connectivity index (χ2n) is 5.87. The molecule has 0 radical (unpaired) electrons. The van der Waals surface area contributed by atoms with Crippen LogP contribution in [0.4, 0.5) is 14.5 Å². The molecule has 1 amide bonds. The van der Waals surface area contributed by atoms with Gasteiger partial charge in [0.1, 0.15) is 5.75 Å². The SMILES string of the molecule is O=C(CNC1CCCCCCC1)Nc1ccc(OC(F)F)cc1. The molecule has 1 saturated carbocycles. The number of halogens is 2. The largest absolute Gasteiger partial charge is 0.435 e. The molecule has 2 rings (SSSR count). The molecule has 1 aliphatic carbocycles. The van der Waals surface area contributed by atoms with Crippen LogP contribution >= 0.6 is 0 Å². The molecule has 1 aromatic rings. The fourth-order valence-electron chi connectivity index (χ4n) is 2.82. The monoisotopic (exact) mass is 326 g/mol. The van der Waals surface area contributed by atoms with Crippen LogP contribution in [-0.2, 0) is 4.79 Å². The van der Waals surface area contributed by atoms with E-state index < -0.39 is 6.61 Å². The molecular weight excluding hydrogens is 302 g/mol. The van der Waals surface area contributed by atoms with Gasteiger partial charge in [-0.3, -0.25) is 4.79 Å². The number of hydrogen-bond acceptors (Lipinski definition) is 3. The van der Waals surface area contributed by atoms with E-state index in [1.807, 2.05) is 0 Å². The molecule has 0 unspecified atom stereocenters. The highest BCUT2D eigenvalue weighted by Gasteiger charge is 2.12. The third kappa shape index (κ3) is 6.95. The number of alkyl halides is 2. The minimum absolute atomic E-state index is 0.0747. The second kappa shape index (κ2) is 9.45. The van der Waals surface area contributed by atoms with Crippen LogP contribution in [0.1, 0.15) is 44.9 Å². The Hall–Kier alpha value is -1.69. The molecule has 0 aromatic heterocycles. The number of ether oxygens (including phenoxy) is 1. The van der Waals surface area contributed by atoms with Crippen molar-refractivity contribution < 1.29 is 18.3 Å². The lowest BCUT2D eigenvalue weighted by molar-refractivity contribution is -0.115. The summed E-state index contributed by atoms with van der Waals surface area (Å²) in [4.78, 5) is 11.9. The van der Waals surface area contributed by atoms with E-state index in [0.717, 1.165) is 12.8 Å². The minimum Gasteiger partial charge on any atom is -0.435 e. The van der Waals surface area contributed by atoms with E-state index in [-0.39, 0.29) is 18.2 Å². The van der Waals surface area contributed by atoms with Gasteiger partial charge in [0, 0.05) is 11.7 Å². The summed E-state index contributed by atoms with van der Waals surface area (Å²) in [6.45, 7) is -2.58. The fraction of sp³-hybridized carbons (Fsp3) is 0.588. The molecule has 1 fully saturated rings. The van der Waals surface area contributed by atoms with Gasteiger partial charge in [-0.05, 0) is 37.1 Å². The van der Waals surface area contributed by atoms with Gasteiger partial charge in [-0.15, -0.1) is 0 Å².